The van der Waals surface area contributed by atoms with Crippen molar-refractivity contribution in [3.63, 3.8) is 0 Å². The van der Waals surface area contributed by atoms with Crippen LogP contribution in [0.1, 0.15) is 24.8 Å². The molecule has 1 aromatic rings. The maximum absolute atomic E-state index is 5.59. The molecule has 1 aromatic carbocycles. The van der Waals surface area contributed by atoms with Crippen molar-refractivity contribution >= 4 is 11.4 Å². The third-order valence-corrected chi connectivity index (χ3v) is 4.27. The van der Waals surface area contributed by atoms with E-state index in [0.29, 0.717) is 5.92 Å². The van der Waals surface area contributed by atoms with Gasteiger partial charge in [0.25, 0.3) is 0 Å². The van der Waals surface area contributed by atoms with Crippen LogP contribution in [0.2, 0.25) is 0 Å². The van der Waals surface area contributed by atoms with Crippen molar-refractivity contribution in [2.45, 2.75) is 25.7 Å². The molecule has 19 heavy (non-hydrogen) atoms. The maximum atomic E-state index is 5.59. The smallest absolute Gasteiger partial charge is 0.0511 e. The SMILES string of the molecule is CN(CC1CCCOC1)c1cccc2c1CCCN2. The Labute approximate surface area is 115 Å². The summed E-state index contributed by atoms with van der Waals surface area (Å²) in [5.41, 5.74) is 4.22. The third-order valence-electron chi connectivity index (χ3n) is 4.27. The number of ether oxygens (including phenoxy) is 1. The fourth-order valence-corrected chi connectivity index (χ4v) is 3.29. The first-order valence-corrected chi connectivity index (χ1v) is 7.49. The first-order valence-electron chi connectivity index (χ1n) is 7.49. The predicted molar refractivity (Wildman–Crippen MR) is 80.1 cm³/mol. The molecule has 2 heterocycles. The van der Waals surface area contributed by atoms with Crippen LogP contribution in [0.25, 0.3) is 0 Å². The summed E-state index contributed by atoms with van der Waals surface area (Å²) in [5, 5.41) is 3.51. The van der Waals surface area contributed by atoms with Crippen LogP contribution >= 0.6 is 0 Å². The summed E-state index contributed by atoms with van der Waals surface area (Å²) >= 11 is 0. The lowest BCUT2D eigenvalue weighted by Crippen LogP contribution is -2.31. The largest absolute Gasteiger partial charge is 0.385 e. The number of hydrogen-bond acceptors (Lipinski definition) is 3. The van der Waals surface area contributed by atoms with E-state index in [-0.39, 0.29) is 0 Å². The van der Waals surface area contributed by atoms with Gasteiger partial charge in [0.2, 0.25) is 0 Å². The zero-order valence-electron chi connectivity index (χ0n) is 11.8. The Kier molecular flexibility index (Phi) is 3.92. The molecule has 0 amide bonds. The average molecular weight is 260 g/mol. The van der Waals surface area contributed by atoms with Crippen molar-refractivity contribution in [3.8, 4) is 0 Å². The molecule has 0 aromatic heterocycles. The highest BCUT2D eigenvalue weighted by Gasteiger charge is 2.19. The van der Waals surface area contributed by atoms with E-state index in [0.717, 1.165) is 26.3 Å². The van der Waals surface area contributed by atoms with E-state index in [9.17, 15) is 0 Å². The molecular weight excluding hydrogens is 236 g/mol. The van der Waals surface area contributed by atoms with Crippen LogP contribution in [-0.4, -0.2) is 33.4 Å². The van der Waals surface area contributed by atoms with Gasteiger partial charge in [-0.3, -0.25) is 0 Å². The highest BCUT2D eigenvalue weighted by atomic mass is 16.5. The second kappa shape index (κ2) is 5.83. The second-order valence-electron chi connectivity index (χ2n) is 5.80. The van der Waals surface area contributed by atoms with Crippen LogP contribution < -0.4 is 10.2 Å². The van der Waals surface area contributed by atoms with Crippen LogP contribution in [0.5, 0.6) is 0 Å². The van der Waals surface area contributed by atoms with Crippen molar-refractivity contribution in [3.05, 3.63) is 23.8 Å². The molecule has 1 saturated heterocycles. The van der Waals surface area contributed by atoms with Gasteiger partial charge in [-0.05, 0) is 49.3 Å². The van der Waals surface area contributed by atoms with E-state index in [2.05, 4.69) is 35.5 Å². The van der Waals surface area contributed by atoms with Crippen molar-refractivity contribution in [2.75, 3.05) is 43.6 Å². The zero-order chi connectivity index (χ0) is 13.1. The van der Waals surface area contributed by atoms with Crippen molar-refractivity contribution in [2.24, 2.45) is 5.92 Å². The summed E-state index contributed by atoms with van der Waals surface area (Å²) in [6, 6.07) is 6.63. The fraction of sp³-hybridized carbons (Fsp3) is 0.625. The number of benzene rings is 1. The standard InChI is InChI=1S/C16H24N2O/c1-18(11-13-5-4-10-19-12-13)16-8-2-7-15-14(16)6-3-9-17-15/h2,7-8,13,17H,3-6,9-12H2,1H3. The molecule has 0 bridgehead atoms. The van der Waals surface area contributed by atoms with Crippen LogP contribution in [0.4, 0.5) is 11.4 Å². The summed E-state index contributed by atoms with van der Waals surface area (Å²) in [5.74, 6) is 0.686. The summed E-state index contributed by atoms with van der Waals surface area (Å²) in [4.78, 5) is 2.42. The molecule has 0 saturated carbocycles. The molecule has 104 valence electrons. The van der Waals surface area contributed by atoms with E-state index < -0.39 is 0 Å². The van der Waals surface area contributed by atoms with Gasteiger partial charge in [0.05, 0.1) is 6.61 Å². The minimum atomic E-state index is 0.686. The molecule has 3 rings (SSSR count). The molecular formula is C16H24N2O. The minimum absolute atomic E-state index is 0.686. The Morgan fingerprint density at radius 2 is 2.32 bits per heavy atom. The Balaban J connectivity index is 1.73. The Bertz CT molecular complexity index is 427. The highest BCUT2D eigenvalue weighted by Crippen LogP contribution is 2.31. The van der Waals surface area contributed by atoms with Crippen LogP contribution in [0.15, 0.2) is 18.2 Å². The molecule has 3 nitrogen and oxygen atoms in total. The molecule has 0 aliphatic carbocycles. The monoisotopic (exact) mass is 260 g/mol. The first kappa shape index (κ1) is 12.8. The number of nitrogens with zero attached hydrogens (tertiary/aromatic N) is 1. The van der Waals surface area contributed by atoms with Gasteiger partial charge < -0.3 is 15.0 Å². The van der Waals surface area contributed by atoms with Gasteiger partial charge >= 0.3 is 0 Å². The Hall–Kier alpha value is -1.22. The van der Waals surface area contributed by atoms with Gasteiger partial charge in [0, 0.05) is 38.1 Å². The third kappa shape index (κ3) is 2.86. The molecule has 2 aliphatic heterocycles. The summed E-state index contributed by atoms with van der Waals surface area (Å²) in [7, 11) is 2.22. The summed E-state index contributed by atoms with van der Waals surface area (Å²) < 4.78 is 5.59. The summed E-state index contributed by atoms with van der Waals surface area (Å²) in [6.45, 7) is 4.09. The number of nitrogens with one attached hydrogen (secondary N) is 1. The van der Waals surface area contributed by atoms with E-state index in [1.807, 2.05) is 0 Å². The minimum Gasteiger partial charge on any atom is -0.385 e. The van der Waals surface area contributed by atoms with Gasteiger partial charge in [-0.15, -0.1) is 0 Å². The molecule has 0 spiro atoms. The quantitative estimate of drug-likeness (QED) is 0.904. The maximum Gasteiger partial charge on any atom is 0.0511 e. The second-order valence-corrected chi connectivity index (χ2v) is 5.80. The fourth-order valence-electron chi connectivity index (χ4n) is 3.29. The van der Waals surface area contributed by atoms with Crippen LogP contribution in [0.3, 0.4) is 0 Å². The first-order chi connectivity index (χ1) is 9.34. The summed E-state index contributed by atoms with van der Waals surface area (Å²) in [6.07, 6.45) is 4.96. The van der Waals surface area contributed by atoms with E-state index >= 15 is 0 Å². The van der Waals surface area contributed by atoms with E-state index in [1.54, 1.807) is 0 Å². The van der Waals surface area contributed by atoms with Gasteiger partial charge in [-0.2, -0.15) is 0 Å². The molecule has 0 radical (unpaired) electrons. The zero-order valence-corrected chi connectivity index (χ0v) is 11.8. The number of fused-ring (bicyclic) bond motifs is 1. The van der Waals surface area contributed by atoms with Gasteiger partial charge in [0.1, 0.15) is 0 Å². The molecule has 1 N–H and O–H groups in total. The normalized spacial score (nSPS) is 22.5. The lowest BCUT2D eigenvalue weighted by molar-refractivity contribution is 0.0576. The van der Waals surface area contributed by atoms with E-state index in [1.165, 1.54) is 42.6 Å². The predicted octanol–water partition coefficient (Wildman–Crippen LogP) is 2.91. The molecule has 1 atom stereocenters. The topological polar surface area (TPSA) is 24.5 Å². The van der Waals surface area contributed by atoms with Gasteiger partial charge in [-0.1, -0.05) is 6.07 Å². The van der Waals surface area contributed by atoms with Gasteiger partial charge in [-0.25, -0.2) is 0 Å². The lowest BCUT2D eigenvalue weighted by Gasteiger charge is -2.31. The molecule has 2 aliphatic rings. The lowest BCUT2D eigenvalue weighted by atomic mass is 9.98. The Morgan fingerprint density at radius 3 is 3.16 bits per heavy atom. The number of anilines is 2. The highest BCUT2D eigenvalue weighted by molar-refractivity contribution is 5.67. The molecule has 1 fully saturated rings. The average Bonchev–Trinajstić information content (AvgIpc) is 2.47. The number of hydrogen-bond donors (Lipinski definition) is 1. The van der Waals surface area contributed by atoms with Crippen molar-refractivity contribution < 1.29 is 4.74 Å². The molecule has 3 heteroatoms. The van der Waals surface area contributed by atoms with Crippen molar-refractivity contribution in [1.82, 2.24) is 0 Å². The number of rotatable bonds is 3. The van der Waals surface area contributed by atoms with Crippen LogP contribution in [0, 0.1) is 5.92 Å². The van der Waals surface area contributed by atoms with Gasteiger partial charge in [0.15, 0.2) is 0 Å². The van der Waals surface area contributed by atoms with Crippen molar-refractivity contribution in [1.29, 1.82) is 0 Å². The van der Waals surface area contributed by atoms with E-state index in [4.69, 9.17) is 4.74 Å². The Morgan fingerprint density at radius 1 is 1.37 bits per heavy atom. The van der Waals surface area contributed by atoms with Crippen LogP contribution in [-0.2, 0) is 11.2 Å². The molecule has 1 unspecified atom stereocenters.